The van der Waals surface area contributed by atoms with E-state index in [0.717, 1.165) is 16.3 Å². The van der Waals surface area contributed by atoms with Crippen LogP contribution < -0.4 is 15.4 Å². The van der Waals surface area contributed by atoms with Gasteiger partial charge in [0.05, 0.1) is 0 Å². The molecule has 2 amide bonds. The fraction of sp³-hybridized carbons (Fsp3) is 0.115. The van der Waals surface area contributed by atoms with Crippen LogP contribution in [-0.2, 0) is 11.3 Å². The third-order valence-electron chi connectivity index (χ3n) is 4.96. The molecular formula is C26H22FN3O3. The van der Waals surface area contributed by atoms with Crippen molar-refractivity contribution in [2.24, 2.45) is 0 Å². The molecule has 0 aliphatic carbocycles. The van der Waals surface area contributed by atoms with Crippen LogP contribution in [0.4, 0.5) is 4.39 Å². The average molecular weight is 443 g/mol. The Balaban J connectivity index is 1.20. The molecule has 7 heteroatoms. The fourth-order valence-electron chi connectivity index (χ4n) is 3.24. The smallest absolute Gasteiger partial charge is 0.251 e. The van der Waals surface area contributed by atoms with Gasteiger partial charge >= 0.3 is 0 Å². The zero-order valence-electron chi connectivity index (χ0n) is 17.8. The van der Waals surface area contributed by atoms with Gasteiger partial charge in [-0.05, 0) is 40.6 Å². The molecule has 3 aromatic carbocycles. The van der Waals surface area contributed by atoms with E-state index in [1.807, 2.05) is 36.4 Å². The van der Waals surface area contributed by atoms with Crippen molar-refractivity contribution in [2.75, 3.05) is 6.54 Å². The Morgan fingerprint density at radius 1 is 0.879 bits per heavy atom. The van der Waals surface area contributed by atoms with Crippen molar-refractivity contribution >= 4 is 22.6 Å². The second-order valence-corrected chi connectivity index (χ2v) is 7.41. The molecule has 0 radical (unpaired) electrons. The van der Waals surface area contributed by atoms with Crippen molar-refractivity contribution in [2.45, 2.75) is 13.0 Å². The molecule has 0 unspecified atom stereocenters. The number of carbonyl (C=O) groups is 2. The van der Waals surface area contributed by atoms with Crippen LogP contribution in [0, 0.1) is 5.82 Å². The lowest BCUT2D eigenvalue weighted by molar-refractivity contribution is -0.121. The summed E-state index contributed by atoms with van der Waals surface area (Å²) in [5.41, 5.74) is 1.34. The standard InChI is InChI=1S/C26H22FN3O3/c27-22-6-3-7-23(15-22)33-25-11-8-18(17-30-25)16-29-24(31)12-13-28-26(32)21-10-9-19-4-1-2-5-20(19)14-21/h1-11,14-15,17H,12-13,16H2,(H,28,32)(H,29,31). The largest absolute Gasteiger partial charge is 0.439 e. The number of benzene rings is 3. The number of pyridine rings is 1. The zero-order chi connectivity index (χ0) is 23.0. The van der Waals surface area contributed by atoms with Gasteiger partial charge in [-0.2, -0.15) is 0 Å². The minimum absolute atomic E-state index is 0.160. The van der Waals surface area contributed by atoms with Crippen molar-refractivity contribution in [3.63, 3.8) is 0 Å². The molecule has 0 saturated heterocycles. The topological polar surface area (TPSA) is 80.3 Å². The molecule has 0 fully saturated rings. The highest BCUT2D eigenvalue weighted by Gasteiger charge is 2.08. The summed E-state index contributed by atoms with van der Waals surface area (Å²) in [6.07, 6.45) is 1.74. The number of amides is 2. The van der Waals surface area contributed by atoms with Crippen LogP contribution in [0.1, 0.15) is 22.3 Å². The first-order valence-corrected chi connectivity index (χ1v) is 10.5. The molecule has 1 heterocycles. The molecule has 6 nitrogen and oxygen atoms in total. The normalized spacial score (nSPS) is 10.6. The summed E-state index contributed by atoms with van der Waals surface area (Å²) >= 11 is 0. The molecule has 4 rings (SSSR count). The van der Waals surface area contributed by atoms with Gasteiger partial charge in [-0.25, -0.2) is 9.37 Å². The summed E-state index contributed by atoms with van der Waals surface area (Å²) in [5, 5.41) is 7.62. The Labute approximate surface area is 190 Å². The minimum Gasteiger partial charge on any atom is -0.439 e. The van der Waals surface area contributed by atoms with Gasteiger partial charge in [0.15, 0.2) is 0 Å². The van der Waals surface area contributed by atoms with Gasteiger partial charge in [0.25, 0.3) is 5.91 Å². The SMILES string of the molecule is O=C(CCNC(=O)c1ccc2ccccc2c1)NCc1ccc(Oc2cccc(F)c2)nc1. The summed E-state index contributed by atoms with van der Waals surface area (Å²) in [6.45, 7) is 0.529. The highest BCUT2D eigenvalue weighted by atomic mass is 19.1. The average Bonchev–Trinajstić information content (AvgIpc) is 2.83. The number of halogens is 1. The second-order valence-electron chi connectivity index (χ2n) is 7.41. The minimum atomic E-state index is -0.389. The fourth-order valence-corrected chi connectivity index (χ4v) is 3.24. The number of nitrogens with zero attached hydrogens (tertiary/aromatic N) is 1. The number of ether oxygens (including phenoxy) is 1. The lowest BCUT2D eigenvalue weighted by atomic mass is 10.1. The summed E-state index contributed by atoms with van der Waals surface area (Å²) in [7, 11) is 0. The molecule has 0 aliphatic rings. The molecule has 4 aromatic rings. The molecule has 33 heavy (non-hydrogen) atoms. The van der Waals surface area contributed by atoms with Crippen molar-refractivity contribution in [3.8, 4) is 11.6 Å². The van der Waals surface area contributed by atoms with Crippen LogP contribution in [0.3, 0.4) is 0 Å². The first-order valence-electron chi connectivity index (χ1n) is 10.5. The van der Waals surface area contributed by atoms with E-state index in [9.17, 15) is 14.0 Å². The van der Waals surface area contributed by atoms with Gasteiger partial charge in [0.2, 0.25) is 11.8 Å². The molecule has 0 saturated carbocycles. The molecule has 0 spiro atoms. The van der Waals surface area contributed by atoms with E-state index in [1.54, 1.807) is 36.5 Å². The number of aromatic nitrogens is 1. The first kappa shape index (κ1) is 22.0. The third kappa shape index (κ3) is 6.13. The second kappa shape index (κ2) is 10.4. The highest BCUT2D eigenvalue weighted by molar-refractivity contribution is 5.98. The Morgan fingerprint density at radius 3 is 2.52 bits per heavy atom. The summed E-state index contributed by atoms with van der Waals surface area (Å²) < 4.78 is 18.7. The van der Waals surface area contributed by atoms with E-state index < -0.39 is 0 Å². The first-order chi connectivity index (χ1) is 16.1. The maximum Gasteiger partial charge on any atom is 0.251 e. The van der Waals surface area contributed by atoms with E-state index in [4.69, 9.17) is 4.74 Å². The number of hydrogen-bond acceptors (Lipinski definition) is 4. The lowest BCUT2D eigenvalue weighted by Crippen LogP contribution is -2.30. The lowest BCUT2D eigenvalue weighted by Gasteiger charge is -2.08. The maximum absolute atomic E-state index is 13.2. The van der Waals surface area contributed by atoms with Crippen molar-refractivity contribution in [3.05, 3.63) is 102 Å². The molecule has 0 aliphatic heterocycles. The van der Waals surface area contributed by atoms with Gasteiger partial charge in [0, 0.05) is 43.4 Å². The molecule has 0 bridgehead atoms. The monoisotopic (exact) mass is 443 g/mol. The summed E-state index contributed by atoms with van der Waals surface area (Å²) in [6, 6.07) is 22.5. The predicted octanol–water partition coefficient (Wildman–Crippen LogP) is 4.60. The van der Waals surface area contributed by atoms with E-state index in [1.165, 1.54) is 12.1 Å². The van der Waals surface area contributed by atoms with Gasteiger partial charge in [-0.15, -0.1) is 0 Å². The number of rotatable bonds is 8. The molecule has 0 atom stereocenters. The van der Waals surface area contributed by atoms with Crippen molar-refractivity contribution < 1.29 is 18.7 Å². The van der Waals surface area contributed by atoms with Crippen LogP contribution in [0.15, 0.2) is 85.1 Å². The van der Waals surface area contributed by atoms with Gasteiger partial charge < -0.3 is 15.4 Å². The highest BCUT2D eigenvalue weighted by Crippen LogP contribution is 2.20. The number of hydrogen-bond donors (Lipinski definition) is 2. The van der Waals surface area contributed by atoms with E-state index in [2.05, 4.69) is 15.6 Å². The predicted molar refractivity (Wildman–Crippen MR) is 123 cm³/mol. The number of fused-ring (bicyclic) bond motifs is 1. The van der Waals surface area contributed by atoms with Gasteiger partial charge in [-0.3, -0.25) is 9.59 Å². The van der Waals surface area contributed by atoms with Crippen LogP contribution in [0.2, 0.25) is 0 Å². The van der Waals surface area contributed by atoms with Gasteiger partial charge in [-0.1, -0.05) is 42.5 Å². The van der Waals surface area contributed by atoms with Crippen LogP contribution >= 0.6 is 0 Å². The van der Waals surface area contributed by atoms with Crippen LogP contribution in [-0.4, -0.2) is 23.3 Å². The molecular weight excluding hydrogens is 421 g/mol. The van der Waals surface area contributed by atoms with Crippen molar-refractivity contribution in [1.82, 2.24) is 15.6 Å². The number of nitrogens with one attached hydrogen (secondary N) is 2. The zero-order valence-corrected chi connectivity index (χ0v) is 17.8. The maximum atomic E-state index is 13.2. The van der Waals surface area contributed by atoms with E-state index in [0.29, 0.717) is 23.7 Å². The Hall–Kier alpha value is -4.26. The Bertz CT molecular complexity index is 1280. The summed E-state index contributed by atoms with van der Waals surface area (Å²) in [4.78, 5) is 28.6. The quantitative estimate of drug-likeness (QED) is 0.417. The Kier molecular flexibility index (Phi) is 6.90. The number of carbonyl (C=O) groups excluding carboxylic acids is 2. The van der Waals surface area contributed by atoms with Gasteiger partial charge in [0.1, 0.15) is 11.6 Å². The Morgan fingerprint density at radius 2 is 1.73 bits per heavy atom. The van der Waals surface area contributed by atoms with Crippen LogP contribution in [0.5, 0.6) is 11.6 Å². The van der Waals surface area contributed by atoms with E-state index >= 15 is 0 Å². The van der Waals surface area contributed by atoms with E-state index in [-0.39, 0.29) is 30.6 Å². The molecule has 2 N–H and O–H groups in total. The summed E-state index contributed by atoms with van der Waals surface area (Å²) in [5.74, 6) is -0.109. The molecule has 166 valence electrons. The third-order valence-corrected chi connectivity index (χ3v) is 4.96. The van der Waals surface area contributed by atoms with Crippen LogP contribution in [0.25, 0.3) is 10.8 Å². The molecule has 1 aromatic heterocycles. The van der Waals surface area contributed by atoms with Crippen molar-refractivity contribution in [1.29, 1.82) is 0 Å².